The van der Waals surface area contributed by atoms with Crippen molar-refractivity contribution in [3.05, 3.63) is 42.1 Å². The molecule has 128 valence electrons. The van der Waals surface area contributed by atoms with E-state index in [1.807, 2.05) is 36.4 Å². The van der Waals surface area contributed by atoms with Crippen LogP contribution >= 0.6 is 0 Å². The lowest BCUT2D eigenvalue weighted by Crippen LogP contribution is -2.35. The molecule has 1 saturated carbocycles. The van der Waals surface area contributed by atoms with Gasteiger partial charge in [-0.2, -0.15) is 5.10 Å². The smallest absolute Gasteiger partial charge is 0.225 e. The summed E-state index contributed by atoms with van der Waals surface area (Å²) in [6, 6.07) is 11.6. The summed E-state index contributed by atoms with van der Waals surface area (Å²) in [6.07, 6.45) is 3.50. The van der Waals surface area contributed by atoms with Gasteiger partial charge in [-0.15, -0.1) is 0 Å². The van der Waals surface area contributed by atoms with E-state index in [4.69, 9.17) is 5.73 Å². The number of nitrogens with zero attached hydrogens (tertiary/aromatic N) is 2. The summed E-state index contributed by atoms with van der Waals surface area (Å²) >= 11 is 0. The van der Waals surface area contributed by atoms with Gasteiger partial charge in [0, 0.05) is 12.6 Å². The van der Waals surface area contributed by atoms with Crippen LogP contribution in [-0.2, 0) is 11.2 Å². The van der Waals surface area contributed by atoms with Crippen molar-refractivity contribution >= 4 is 11.7 Å². The van der Waals surface area contributed by atoms with Gasteiger partial charge in [0.15, 0.2) is 0 Å². The minimum atomic E-state index is -0.480. The fraction of sp³-hybridized carbons (Fsp3) is 0.444. The van der Waals surface area contributed by atoms with Crippen LogP contribution in [0.2, 0.25) is 0 Å². The summed E-state index contributed by atoms with van der Waals surface area (Å²) < 4.78 is 1.72. The Labute approximate surface area is 141 Å². The highest BCUT2D eigenvalue weighted by atomic mass is 16.3. The fourth-order valence-electron chi connectivity index (χ4n) is 3.20. The van der Waals surface area contributed by atoms with Gasteiger partial charge in [-0.3, -0.25) is 4.79 Å². The Morgan fingerprint density at radius 3 is 2.83 bits per heavy atom. The van der Waals surface area contributed by atoms with Crippen molar-refractivity contribution in [2.24, 2.45) is 5.92 Å². The van der Waals surface area contributed by atoms with Crippen LogP contribution < -0.4 is 11.1 Å². The minimum Gasteiger partial charge on any atom is -0.392 e. The number of amides is 1. The Morgan fingerprint density at radius 1 is 1.33 bits per heavy atom. The van der Waals surface area contributed by atoms with E-state index < -0.39 is 6.10 Å². The Balaban J connectivity index is 1.48. The van der Waals surface area contributed by atoms with Crippen LogP contribution in [0.1, 0.15) is 31.4 Å². The number of rotatable bonds is 6. The van der Waals surface area contributed by atoms with Crippen molar-refractivity contribution in [3.8, 4) is 5.69 Å². The van der Waals surface area contributed by atoms with E-state index in [1.165, 1.54) is 0 Å². The first-order valence-corrected chi connectivity index (χ1v) is 8.51. The topological polar surface area (TPSA) is 93.2 Å². The van der Waals surface area contributed by atoms with Crippen LogP contribution in [0.3, 0.4) is 0 Å². The molecule has 1 amide bonds. The second-order valence-electron chi connectivity index (χ2n) is 6.31. The predicted octanol–water partition coefficient (Wildman–Crippen LogP) is 1.66. The molecule has 1 aliphatic carbocycles. The first-order chi connectivity index (χ1) is 11.6. The molecule has 6 heteroatoms. The maximum Gasteiger partial charge on any atom is 0.225 e. The Hall–Kier alpha value is -2.34. The number of aromatic nitrogens is 2. The van der Waals surface area contributed by atoms with Gasteiger partial charge in [-0.25, -0.2) is 4.68 Å². The molecule has 4 N–H and O–H groups in total. The van der Waals surface area contributed by atoms with Crippen molar-refractivity contribution in [2.75, 3.05) is 12.3 Å². The lowest BCUT2D eigenvalue weighted by atomic mass is 10.1. The number of benzene rings is 1. The number of aliphatic hydroxyl groups is 1. The van der Waals surface area contributed by atoms with Crippen molar-refractivity contribution in [3.63, 3.8) is 0 Å². The van der Waals surface area contributed by atoms with Crippen molar-refractivity contribution < 1.29 is 9.90 Å². The van der Waals surface area contributed by atoms with Gasteiger partial charge in [-0.1, -0.05) is 18.2 Å². The van der Waals surface area contributed by atoms with Crippen LogP contribution in [-0.4, -0.2) is 33.4 Å². The molecule has 1 aromatic carbocycles. The van der Waals surface area contributed by atoms with Crippen molar-refractivity contribution in [2.45, 2.75) is 38.2 Å². The molecule has 0 bridgehead atoms. The number of hydrogen-bond donors (Lipinski definition) is 3. The van der Waals surface area contributed by atoms with Crippen LogP contribution in [0.15, 0.2) is 36.4 Å². The maximum atomic E-state index is 12.0. The second kappa shape index (κ2) is 7.49. The molecule has 0 saturated heterocycles. The molecular formula is C18H24N4O2. The standard InChI is InChI=1S/C18H24N4O2/c19-17-12-13(21-22(17)14-7-2-1-3-8-14)6-5-11-20-18(24)15-9-4-10-16(15)23/h1-3,7-8,12,15-16,23H,4-6,9-11,19H2,(H,20,24). The van der Waals surface area contributed by atoms with E-state index in [0.717, 1.165) is 43.5 Å². The van der Waals surface area contributed by atoms with Crippen molar-refractivity contribution in [1.82, 2.24) is 15.1 Å². The van der Waals surface area contributed by atoms with Gasteiger partial charge in [0.2, 0.25) is 5.91 Å². The fourth-order valence-corrected chi connectivity index (χ4v) is 3.20. The largest absolute Gasteiger partial charge is 0.392 e. The molecule has 6 nitrogen and oxygen atoms in total. The van der Waals surface area contributed by atoms with E-state index in [1.54, 1.807) is 4.68 Å². The number of nitrogens with one attached hydrogen (secondary N) is 1. The molecular weight excluding hydrogens is 304 g/mol. The second-order valence-corrected chi connectivity index (χ2v) is 6.31. The zero-order chi connectivity index (χ0) is 16.9. The van der Waals surface area contributed by atoms with E-state index >= 15 is 0 Å². The summed E-state index contributed by atoms with van der Waals surface area (Å²) in [5, 5.41) is 17.2. The molecule has 24 heavy (non-hydrogen) atoms. The molecule has 2 aromatic rings. The predicted molar refractivity (Wildman–Crippen MR) is 92.7 cm³/mol. The van der Waals surface area contributed by atoms with E-state index in [0.29, 0.717) is 12.4 Å². The van der Waals surface area contributed by atoms with Crippen LogP contribution in [0.4, 0.5) is 5.82 Å². The van der Waals surface area contributed by atoms with Gasteiger partial charge in [0.25, 0.3) is 0 Å². The molecule has 0 spiro atoms. The Bertz CT molecular complexity index is 684. The number of anilines is 1. The van der Waals surface area contributed by atoms with E-state index in [-0.39, 0.29) is 11.8 Å². The van der Waals surface area contributed by atoms with Gasteiger partial charge >= 0.3 is 0 Å². The van der Waals surface area contributed by atoms with Gasteiger partial charge in [0.05, 0.1) is 23.4 Å². The van der Waals surface area contributed by atoms with Crippen LogP contribution in [0.5, 0.6) is 0 Å². The lowest BCUT2D eigenvalue weighted by Gasteiger charge is -2.14. The normalized spacial score (nSPS) is 20.2. The summed E-state index contributed by atoms with van der Waals surface area (Å²) in [5.74, 6) is 0.335. The SMILES string of the molecule is Nc1cc(CCCNC(=O)C2CCCC2O)nn1-c1ccccc1. The molecule has 0 aliphatic heterocycles. The number of carbonyl (C=O) groups excluding carboxylic acids is 1. The Morgan fingerprint density at radius 2 is 2.12 bits per heavy atom. The third-order valence-electron chi connectivity index (χ3n) is 4.51. The number of para-hydroxylation sites is 1. The quantitative estimate of drug-likeness (QED) is 0.703. The number of hydrogen-bond acceptors (Lipinski definition) is 4. The van der Waals surface area contributed by atoms with Crippen LogP contribution in [0.25, 0.3) is 5.69 Å². The van der Waals surface area contributed by atoms with Crippen LogP contribution in [0, 0.1) is 5.92 Å². The molecule has 3 rings (SSSR count). The summed E-state index contributed by atoms with van der Waals surface area (Å²) in [7, 11) is 0. The molecule has 1 aromatic heterocycles. The average Bonchev–Trinajstić information content (AvgIpc) is 3.18. The first-order valence-electron chi connectivity index (χ1n) is 8.51. The third kappa shape index (κ3) is 3.76. The van der Waals surface area contributed by atoms with Gasteiger partial charge < -0.3 is 16.2 Å². The lowest BCUT2D eigenvalue weighted by molar-refractivity contribution is -0.127. The third-order valence-corrected chi connectivity index (χ3v) is 4.51. The molecule has 0 radical (unpaired) electrons. The van der Waals surface area contributed by atoms with Gasteiger partial charge in [-0.05, 0) is 44.2 Å². The molecule has 1 heterocycles. The zero-order valence-electron chi connectivity index (χ0n) is 13.7. The number of nitrogen functional groups attached to an aromatic ring is 1. The Kier molecular flexibility index (Phi) is 5.15. The number of carbonyl (C=O) groups is 1. The minimum absolute atomic E-state index is 0.0330. The summed E-state index contributed by atoms with van der Waals surface area (Å²) in [4.78, 5) is 12.0. The first kappa shape index (κ1) is 16.5. The summed E-state index contributed by atoms with van der Waals surface area (Å²) in [6.45, 7) is 0.583. The molecule has 1 aliphatic rings. The van der Waals surface area contributed by atoms with E-state index in [2.05, 4.69) is 10.4 Å². The summed E-state index contributed by atoms with van der Waals surface area (Å²) in [5.41, 5.74) is 7.87. The number of nitrogens with two attached hydrogens (primary N) is 1. The maximum absolute atomic E-state index is 12.0. The molecule has 2 unspecified atom stereocenters. The highest BCUT2D eigenvalue weighted by Crippen LogP contribution is 2.25. The number of aliphatic hydroxyl groups excluding tert-OH is 1. The van der Waals surface area contributed by atoms with Crippen molar-refractivity contribution in [1.29, 1.82) is 0 Å². The average molecular weight is 328 g/mol. The number of aryl methyl sites for hydroxylation is 1. The zero-order valence-corrected chi connectivity index (χ0v) is 13.7. The monoisotopic (exact) mass is 328 g/mol. The molecule has 1 fully saturated rings. The highest BCUT2D eigenvalue weighted by Gasteiger charge is 2.30. The van der Waals surface area contributed by atoms with E-state index in [9.17, 15) is 9.90 Å². The highest BCUT2D eigenvalue weighted by molar-refractivity contribution is 5.79. The van der Waals surface area contributed by atoms with Gasteiger partial charge in [0.1, 0.15) is 5.82 Å². The molecule has 2 atom stereocenters.